The fraction of sp³-hybridized carbons (Fsp3) is 0.389. The molecular weight excluding hydrogens is 274 g/mol. The molecule has 0 bridgehead atoms. The molecular formula is C18H25N3O. The van der Waals surface area contributed by atoms with Crippen LogP contribution in [0.3, 0.4) is 0 Å². The van der Waals surface area contributed by atoms with Gasteiger partial charge < -0.3 is 15.6 Å². The van der Waals surface area contributed by atoms with Crippen LogP contribution in [0.15, 0.2) is 30.3 Å². The standard InChI is InChI=1S/C18H25N3O/c1-12-7-5-6-8-17(12)21-14(3)11-16(15(21)4)18(22)20-10-9-13(2)19/h5-8,11,13H,9-10,19H2,1-4H3,(H,20,22). The summed E-state index contributed by atoms with van der Waals surface area (Å²) in [5, 5.41) is 2.95. The summed E-state index contributed by atoms with van der Waals surface area (Å²) in [6.45, 7) is 8.63. The van der Waals surface area contributed by atoms with Crippen LogP contribution in [0.4, 0.5) is 0 Å². The number of nitrogens with one attached hydrogen (secondary N) is 1. The van der Waals surface area contributed by atoms with Crippen molar-refractivity contribution >= 4 is 5.91 Å². The quantitative estimate of drug-likeness (QED) is 0.892. The molecule has 1 heterocycles. The number of para-hydroxylation sites is 1. The Morgan fingerprint density at radius 1 is 1.27 bits per heavy atom. The lowest BCUT2D eigenvalue weighted by Crippen LogP contribution is -2.29. The number of aromatic nitrogens is 1. The molecule has 0 aliphatic heterocycles. The van der Waals surface area contributed by atoms with Gasteiger partial charge in [-0.15, -0.1) is 0 Å². The smallest absolute Gasteiger partial charge is 0.253 e. The molecule has 1 aromatic heterocycles. The van der Waals surface area contributed by atoms with E-state index in [9.17, 15) is 4.79 Å². The van der Waals surface area contributed by atoms with Crippen LogP contribution in [0.2, 0.25) is 0 Å². The predicted molar refractivity (Wildman–Crippen MR) is 90.6 cm³/mol. The van der Waals surface area contributed by atoms with Crippen molar-refractivity contribution in [3.63, 3.8) is 0 Å². The number of amides is 1. The highest BCUT2D eigenvalue weighted by Crippen LogP contribution is 2.23. The summed E-state index contributed by atoms with van der Waals surface area (Å²) in [5.74, 6) is -0.0337. The lowest BCUT2D eigenvalue weighted by atomic mass is 10.2. The van der Waals surface area contributed by atoms with E-state index in [4.69, 9.17) is 5.73 Å². The van der Waals surface area contributed by atoms with E-state index < -0.39 is 0 Å². The lowest BCUT2D eigenvalue weighted by Gasteiger charge is -2.13. The summed E-state index contributed by atoms with van der Waals surface area (Å²) >= 11 is 0. The van der Waals surface area contributed by atoms with Crippen molar-refractivity contribution in [1.29, 1.82) is 0 Å². The van der Waals surface area contributed by atoms with Crippen molar-refractivity contribution in [3.8, 4) is 5.69 Å². The lowest BCUT2D eigenvalue weighted by molar-refractivity contribution is 0.0952. The first-order valence-corrected chi connectivity index (χ1v) is 7.70. The van der Waals surface area contributed by atoms with E-state index in [1.54, 1.807) is 0 Å². The topological polar surface area (TPSA) is 60.0 Å². The third-order valence-electron chi connectivity index (χ3n) is 3.92. The van der Waals surface area contributed by atoms with Crippen molar-refractivity contribution in [1.82, 2.24) is 9.88 Å². The number of nitrogens with zero attached hydrogens (tertiary/aromatic N) is 1. The van der Waals surface area contributed by atoms with E-state index in [0.29, 0.717) is 6.54 Å². The Hall–Kier alpha value is -2.07. The summed E-state index contributed by atoms with van der Waals surface area (Å²) in [7, 11) is 0. The van der Waals surface area contributed by atoms with Crippen molar-refractivity contribution in [3.05, 3.63) is 52.8 Å². The predicted octanol–water partition coefficient (Wildman–Crippen LogP) is 2.87. The summed E-state index contributed by atoms with van der Waals surface area (Å²) in [5.41, 5.74) is 10.8. The fourth-order valence-electron chi connectivity index (χ4n) is 2.69. The largest absolute Gasteiger partial charge is 0.352 e. The van der Waals surface area contributed by atoms with Crippen molar-refractivity contribution in [2.24, 2.45) is 5.73 Å². The highest BCUT2D eigenvalue weighted by atomic mass is 16.1. The van der Waals surface area contributed by atoms with Crippen LogP contribution in [0.1, 0.15) is 40.7 Å². The van der Waals surface area contributed by atoms with E-state index in [2.05, 4.69) is 28.9 Å². The van der Waals surface area contributed by atoms with Gasteiger partial charge in [0.25, 0.3) is 5.91 Å². The SMILES string of the molecule is Cc1ccccc1-n1c(C)cc(C(=O)NCCC(C)N)c1C. The first kappa shape index (κ1) is 16.3. The zero-order valence-electron chi connectivity index (χ0n) is 13.8. The van der Waals surface area contributed by atoms with Crippen LogP contribution >= 0.6 is 0 Å². The molecule has 0 radical (unpaired) electrons. The number of benzene rings is 1. The van der Waals surface area contributed by atoms with E-state index >= 15 is 0 Å². The first-order chi connectivity index (χ1) is 10.4. The number of hydrogen-bond acceptors (Lipinski definition) is 2. The molecule has 1 amide bonds. The number of carbonyl (C=O) groups is 1. The molecule has 2 aromatic rings. The second-order valence-corrected chi connectivity index (χ2v) is 5.93. The molecule has 2 rings (SSSR count). The summed E-state index contributed by atoms with van der Waals surface area (Å²) in [6, 6.07) is 10.2. The van der Waals surface area contributed by atoms with E-state index in [1.807, 2.05) is 39.0 Å². The van der Waals surface area contributed by atoms with Crippen LogP contribution in [0, 0.1) is 20.8 Å². The van der Waals surface area contributed by atoms with Crippen molar-refractivity contribution < 1.29 is 4.79 Å². The van der Waals surface area contributed by atoms with Gasteiger partial charge in [0.15, 0.2) is 0 Å². The molecule has 0 saturated carbocycles. The number of rotatable bonds is 5. The minimum atomic E-state index is -0.0337. The number of carbonyl (C=O) groups excluding carboxylic acids is 1. The molecule has 3 N–H and O–H groups in total. The van der Waals surface area contributed by atoms with E-state index in [0.717, 1.165) is 29.1 Å². The molecule has 118 valence electrons. The van der Waals surface area contributed by atoms with Gasteiger partial charge in [0.1, 0.15) is 0 Å². The van der Waals surface area contributed by atoms with Gasteiger partial charge in [-0.25, -0.2) is 0 Å². The van der Waals surface area contributed by atoms with Crippen LogP contribution in [-0.4, -0.2) is 23.1 Å². The minimum absolute atomic E-state index is 0.0337. The molecule has 4 heteroatoms. The Bertz CT molecular complexity index is 671. The number of aryl methyl sites for hydroxylation is 2. The summed E-state index contributed by atoms with van der Waals surface area (Å²) in [4.78, 5) is 12.4. The monoisotopic (exact) mass is 299 g/mol. The Morgan fingerprint density at radius 3 is 2.59 bits per heavy atom. The zero-order valence-corrected chi connectivity index (χ0v) is 13.8. The molecule has 0 spiro atoms. The molecule has 1 atom stereocenters. The van der Waals surface area contributed by atoms with E-state index in [-0.39, 0.29) is 11.9 Å². The molecule has 0 fully saturated rings. The Labute approximate surface area is 132 Å². The molecule has 1 unspecified atom stereocenters. The van der Waals surface area contributed by atoms with Crippen LogP contribution in [-0.2, 0) is 0 Å². The van der Waals surface area contributed by atoms with Gasteiger partial charge in [-0.05, 0) is 51.8 Å². The van der Waals surface area contributed by atoms with Gasteiger partial charge in [-0.2, -0.15) is 0 Å². The molecule has 22 heavy (non-hydrogen) atoms. The van der Waals surface area contributed by atoms with Crippen molar-refractivity contribution in [2.45, 2.75) is 40.2 Å². The van der Waals surface area contributed by atoms with Crippen LogP contribution in [0.5, 0.6) is 0 Å². The van der Waals surface area contributed by atoms with Gasteiger partial charge in [0.05, 0.1) is 5.56 Å². The molecule has 0 aliphatic carbocycles. The highest BCUT2D eigenvalue weighted by Gasteiger charge is 2.17. The maximum atomic E-state index is 12.4. The Kier molecular flexibility index (Phi) is 5.03. The van der Waals surface area contributed by atoms with Gasteiger partial charge in [-0.1, -0.05) is 18.2 Å². The number of nitrogens with two attached hydrogens (primary N) is 1. The Morgan fingerprint density at radius 2 is 1.95 bits per heavy atom. The second kappa shape index (κ2) is 6.79. The average molecular weight is 299 g/mol. The normalized spacial score (nSPS) is 12.2. The van der Waals surface area contributed by atoms with Crippen LogP contribution in [0.25, 0.3) is 5.69 Å². The fourth-order valence-corrected chi connectivity index (χ4v) is 2.69. The van der Waals surface area contributed by atoms with Gasteiger partial charge in [-0.3, -0.25) is 4.79 Å². The van der Waals surface area contributed by atoms with Gasteiger partial charge >= 0.3 is 0 Å². The number of hydrogen-bond donors (Lipinski definition) is 2. The van der Waals surface area contributed by atoms with Gasteiger partial charge in [0, 0.05) is 29.7 Å². The maximum absolute atomic E-state index is 12.4. The summed E-state index contributed by atoms with van der Waals surface area (Å²) in [6.07, 6.45) is 0.780. The van der Waals surface area contributed by atoms with Gasteiger partial charge in [0.2, 0.25) is 0 Å². The zero-order chi connectivity index (χ0) is 16.3. The van der Waals surface area contributed by atoms with E-state index in [1.165, 1.54) is 5.56 Å². The van der Waals surface area contributed by atoms with Crippen molar-refractivity contribution in [2.75, 3.05) is 6.54 Å². The molecule has 0 saturated heterocycles. The third-order valence-corrected chi connectivity index (χ3v) is 3.92. The summed E-state index contributed by atoms with van der Waals surface area (Å²) < 4.78 is 2.13. The minimum Gasteiger partial charge on any atom is -0.352 e. The molecule has 4 nitrogen and oxygen atoms in total. The average Bonchev–Trinajstić information content (AvgIpc) is 2.74. The van der Waals surface area contributed by atoms with Crippen LogP contribution < -0.4 is 11.1 Å². The first-order valence-electron chi connectivity index (χ1n) is 7.70. The maximum Gasteiger partial charge on any atom is 0.253 e. The Balaban J connectivity index is 2.28. The second-order valence-electron chi connectivity index (χ2n) is 5.93. The molecule has 0 aliphatic rings. The third kappa shape index (κ3) is 3.39. The molecule has 1 aromatic carbocycles. The highest BCUT2D eigenvalue weighted by molar-refractivity contribution is 5.95.